The van der Waals surface area contributed by atoms with E-state index in [1.54, 1.807) is 19.2 Å². The molecule has 0 radical (unpaired) electrons. The largest absolute Gasteiger partial charge is 0.507 e. The second kappa shape index (κ2) is 5.77. The molecule has 0 unspecified atom stereocenters. The third kappa shape index (κ3) is 3.16. The van der Waals surface area contributed by atoms with Crippen molar-refractivity contribution < 1.29 is 9.84 Å². The van der Waals surface area contributed by atoms with Crippen LogP contribution in [0.1, 0.15) is 5.56 Å². The molecule has 0 fully saturated rings. The maximum absolute atomic E-state index is 10.4. The van der Waals surface area contributed by atoms with Crippen molar-refractivity contribution in [2.24, 2.45) is 10.2 Å². The number of rotatable bonds is 4. The monoisotopic (exact) mass is 256 g/mol. The number of phenolic OH excluding ortho intramolecular Hbond substituents is 1. The van der Waals surface area contributed by atoms with Crippen molar-refractivity contribution in [3.63, 3.8) is 0 Å². The van der Waals surface area contributed by atoms with E-state index < -0.39 is 0 Å². The smallest absolute Gasteiger partial charge is 0.124 e. The number of phenols is 1. The average Bonchev–Trinajstić information content (AvgIpc) is 2.46. The van der Waals surface area contributed by atoms with Gasteiger partial charge in [-0.2, -0.15) is 0 Å². The number of methoxy groups -OCH3 is 1. The maximum Gasteiger partial charge on any atom is 0.124 e. The Balaban J connectivity index is 2.28. The summed E-state index contributed by atoms with van der Waals surface area (Å²) in [6, 6.07) is 11.5. The fourth-order valence-corrected chi connectivity index (χ4v) is 1.54. The Morgan fingerprint density at radius 3 is 2.74 bits per heavy atom. The predicted molar refractivity (Wildman–Crippen MR) is 73.8 cm³/mol. The Morgan fingerprint density at radius 1 is 1.16 bits per heavy atom. The van der Waals surface area contributed by atoms with Gasteiger partial charge < -0.3 is 9.84 Å². The second-order valence-electron chi connectivity index (χ2n) is 3.79. The van der Waals surface area contributed by atoms with Crippen LogP contribution in [0.2, 0.25) is 0 Å². The van der Waals surface area contributed by atoms with Gasteiger partial charge in [0.25, 0.3) is 0 Å². The van der Waals surface area contributed by atoms with Crippen LogP contribution < -0.4 is 4.74 Å². The van der Waals surface area contributed by atoms with Gasteiger partial charge in [0.05, 0.1) is 12.8 Å². The first-order valence-electron chi connectivity index (χ1n) is 5.57. The number of nitroso groups, excluding NO2 is 1. The fraction of sp³-hybridized carbons (Fsp3) is 0.0714. The van der Waals surface area contributed by atoms with Gasteiger partial charge in [-0.3, -0.25) is 4.99 Å². The summed E-state index contributed by atoms with van der Waals surface area (Å²) in [5, 5.41) is 12.5. The molecule has 0 aromatic heterocycles. The van der Waals surface area contributed by atoms with Crippen LogP contribution in [0.15, 0.2) is 52.6 Å². The number of aliphatic imine (C=N–C) groups is 1. The minimum Gasteiger partial charge on any atom is -0.507 e. The van der Waals surface area contributed by atoms with E-state index in [4.69, 9.17) is 4.74 Å². The van der Waals surface area contributed by atoms with E-state index in [-0.39, 0.29) is 11.4 Å². The number of hydrogen-bond acceptors (Lipinski definition) is 5. The van der Waals surface area contributed by atoms with E-state index in [1.165, 1.54) is 24.4 Å². The van der Waals surface area contributed by atoms with E-state index in [0.29, 0.717) is 17.0 Å². The lowest BCUT2D eigenvalue weighted by Gasteiger charge is -2.01. The Hall–Kier alpha value is -2.69. The van der Waals surface area contributed by atoms with Crippen LogP contribution in [0, 0.1) is 4.91 Å². The molecule has 19 heavy (non-hydrogen) atoms. The van der Waals surface area contributed by atoms with Crippen molar-refractivity contribution in [3.05, 3.63) is 52.9 Å². The highest BCUT2D eigenvalue weighted by Crippen LogP contribution is 2.23. The summed E-state index contributed by atoms with van der Waals surface area (Å²) in [5.41, 5.74) is 1.35. The molecule has 0 bridgehead atoms. The first-order valence-corrected chi connectivity index (χ1v) is 5.57. The number of nitrogens with zero attached hydrogens (tertiary/aromatic N) is 2. The van der Waals surface area contributed by atoms with E-state index in [2.05, 4.69) is 10.2 Å². The van der Waals surface area contributed by atoms with Crippen molar-refractivity contribution >= 4 is 17.6 Å². The van der Waals surface area contributed by atoms with E-state index in [9.17, 15) is 10.0 Å². The SMILES string of the molecule is COc1cccc(N=Cc2cc(N=O)ccc2O)c1. The van der Waals surface area contributed by atoms with Gasteiger partial charge in [-0.1, -0.05) is 6.07 Å². The average molecular weight is 256 g/mol. The van der Waals surface area contributed by atoms with Crippen LogP contribution in [0.4, 0.5) is 11.4 Å². The van der Waals surface area contributed by atoms with E-state index in [0.717, 1.165) is 0 Å². The quantitative estimate of drug-likeness (QED) is 0.671. The third-order valence-electron chi connectivity index (χ3n) is 2.52. The van der Waals surface area contributed by atoms with Gasteiger partial charge >= 0.3 is 0 Å². The molecule has 2 aromatic rings. The van der Waals surface area contributed by atoms with Crippen LogP contribution in [0.3, 0.4) is 0 Å². The molecule has 0 amide bonds. The molecule has 0 heterocycles. The first kappa shape index (κ1) is 12.8. The van der Waals surface area contributed by atoms with Crippen LogP contribution in [-0.2, 0) is 0 Å². The Morgan fingerprint density at radius 2 is 2.00 bits per heavy atom. The topological polar surface area (TPSA) is 71.2 Å². The summed E-state index contributed by atoms with van der Waals surface area (Å²) < 4.78 is 5.09. The minimum atomic E-state index is 0.0408. The van der Waals surface area contributed by atoms with Gasteiger partial charge in [-0.25, -0.2) is 0 Å². The lowest BCUT2D eigenvalue weighted by molar-refractivity contribution is 0.415. The molecule has 5 nitrogen and oxygen atoms in total. The molecule has 0 spiro atoms. The van der Waals surface area contributed by atoms with Crippen molar-refractivity contribution in [2.45, 2.75) is 0 Å². The molecule has 1 N–H and O–H groups in total. The Bertz CT molecular complexity index is 624. The maximum atomic E-state index is 10.4. The van der Waals surface area contributed by atoms with E-state index in [1.807, 2.05) is 12.1 Å². The molecular formula is C14H12N2O3. The summed E-state index contributed by atoms with van der Waals surface area (Å²) >= 11 is 0. The van der Waals surface area contributed by atoms with Gasteiger partial charge in [0, 0.05) is 17.8 Å². The highest BCUT2D eigenvalue weighted by Gasteiger charge is 2.01. The molecular weight excluding hydrogens is 244 g/mol. The Kier molecular flexibility index (Phi) is 3.87. The lowest BCUT2D eigenvalue weighted by atomic mass is 10.2. The van der Waals surface area contributed by atoms with E-state index >= 15 is 0 Å². The Labute approximate surface area is 110 Å². The third-order valence-corrected chi connectivity index (χ3v) is 2.52. The first-order chi connectivity index (χ1) is 9.22. The molecule has 2 aromatic carbocycles. The summed E-state index contributed by atoms with van der Waals surface area (Å²) in [5.74, 6) is 0.737. The molecule has 0 aliphatic rings. The zero-order valence-electron chi connectivity index (χ0n) is 10.3. The summed E-state index contributed by atoms with van der Waals surface area (Å²) in [4.78, 5) is 14.6. The molecule has 0 saturated carbocycles. The molecule has 0 saturated heterocycles. The minimum absolute atomic E-state index is 0.0408. The predicted octanol–water partition coefficient (Wildman–Crippen LogP) is 3.55. The number of ether oxygens (including phenoxy) is 1. The lowest BCUT2D eigenvalue weighted by Crippen LogP contribution is -1.83. The normalized spacial score (nSPS) is 10.6. The molecule has 0 atom stereocenters. The molecule has 0 aliphatic carbocycles. The highest BCUT2D eigenvalue weighted by molar-refractivity contribution is 5.86. The molecule has 2 rings (SSSR count). The number of hydrogen-bond donors (Lipinski definition) is 1. The van der Waals surface area contributed by atoms with Gasteiger partial charge in [0.15, 0.2) is 0 Å². The number of aromatic hydroxyl groups is 1. The van der Waals surface area contributed by atoms with Crippen molar-refractivity contribution in [3.8, 4) is 11.5 Å². The standard InChI is InChI=1S/C14H12N2O3/c1-19-13-4-2-3-11(8-13)15-9-10-7-12(16-18)5-6-14(10)17/h2-9,17H,1H3. The summed E-state index contributed by atoms with van der Waals surface area (Å²) in [7, 11) is 1.58. The fourth-order valence-electron chi connectivity index (χ4n) is 1.54. The van der Waals surface area contributed by atoms with Crippen molar-refractivity contribution in [1.29, 1.82) is 0 Å². The van der Waals surface area contributed by atoms with Crippen molar-refractivity contribution in [1.82, 2.24) is 0 Å². The van der Waals surface area contributed by atoms with Crippen LogP contribution in [0.5, 0.6) is 11.5 Å². The summed E-state index contributed by atoms with van der Waals surface area (Å²) in [6.07, 6.45) is 1.47. The molecule has 96 valence electrons. The van der Waals surface area contributed by atoms with Gasteiger partial charge in [0.2, 0.25) is 0 Å². The molecule has 5 heteroatoms. The molecule has 0 aliphatic heterocycles. The highest BCUT2D eigenvalue weighted by atomic mass is 16.5. The van der Waals surface area contributed by atoms with Gasteiger partial charge in [0.1, 0.15) is 17.2 Å². The van der Waals surface area contributed by atoms with Crippen LogP contribution in [-0.4, -0.2) is 18.4 Å². The van der Waals surface area contributed by atoms with Crippen LogP contribution >= 0.6 is 0 Å². The zero-order valence-corrected chi connectivity index (χ0v) is 10.3. The van der Waals surface area contributed by atoms with Crippen molar-refractivity contribution in [2.75, 3.05) is 7.11 Å². The number of benzene rings is 2. The zero-order chi connectivity index (χ0) is 13.7. The van der Waals surface area contributed by atoms with Crippen LogP contribution in [0.25, 0.3) is 0 Å². The van der Waals surface area contributed by atoms with Gasteiger partial charge in [-0.15, -0.1) is 4.91 Å². The van der Waals surface area contributed by atoms with Gasteiger partial charge in [-0.05, 0) is 35.5 Å². The second-order valence-corrected chi connectivity index (χ2v) is 3.79. The summed E-state index contributed by atoms with van der Waals surface area (Å²) in [6.45, 7) is 0.